The van der Waals surface area contributed by atoms with E-state index in [4.69, 9.17) is 21.1 Å². The van der Waals surface area contributed by atoms with Gasteiger partial charge in [0.2, 0.25) is 0 Å². The normalized spacial score (nSPS) is 12.1. The Kier molecular flexibility index (Phi) is 6.79. The van der Waals surface area contributed by atoms with E-state index in [9.17, 15) is 19.1 Å². The van der Waals surface area contributed by atoms with Gasteiger partial charge in [0, 0.05) is 5.92 Å². The second kappa shape index (κ2) is 9.92. The van der Waals surface area contributed by atoms with E-state index in [1.165, 1.54) is 18.2 Å². The average molecular weight is 470 g/mol. The van der Waals surface area contributed by atoms with Crippen LogP contribution in [0.1, 0.15) is 17.0 Å². The van der Waals surface area contributed by atoms with E-state index in [1.807, 2.05) is 48.5 Å². The fourth-order valence-electron chi connectivity index (χ4n) is 3.94. The zero-order valence-electron chi connectivity index (χ0n) is 17.5. The third-order valence-electron chi connectivity index (χ3n) is 5.46. The molecule has 0 aliphatic heterocycles. The Hall–Kier alpha value is -3.58. The molecule has 6 nitrogen and oxygen atoms in total. The van der Waals surface area contributed by atoms with Crippen molar-refractivity contribution in [2.75, 3.05) is 26.3 Å². The van der Waals surface area contributed by atoms with Gasteiger partial charge in [0.05, 0.1) is 11.6 Å². The van der Waals surface area contributed by atoms with Crippen molar-refractivity contribution in [1.82, 2.24) is 4.90 Å². The SMILES string of the molecule is O=C(O)CN(CCOc1cccc(Cl)c1F)C(=O)OCC1c2ccccc2-c2ccccc21. The summed E-state index contributed by atoms with van der Waals surface area (Å²) in [5.41, 5.74) is 4.29. The van der Waals surface area contributed by atoms with Crippen LogP contribution in [0.15, 0.2) is 66.7 Å². The van der Waals surface area contributed by atoms with Gasteiger partial charge in [0.1, 0.15) is 19.8 Å². The van der Waals surface area contributed by atoms with Crippen LogP contribution in [0.2, 0.25) is 5.02 Å². The molecule has 0 unspecified atom stereocenters. The Bertz CT molecular complexity index is 1140. The van der Waals surface area contributed by atoms with E-state index in [-0.39, 0.29) is 36.4 Å². The summed E-state index contributed by atoms with van der Waals surface area (Å²) in [5.74, 6) is -2.14. The van der Waals surface area contributed by atoms with Crippen molar-refractivity contribution in [2.24, 2.45) is 0 Å². The predicted octanol–water partition coefficient (Wildman–Crippen LogP) is 5.19. The van der Waals surface area contributed by atoms with Crippen LogP contribution in [0.3, 0.4) is 0 Å². The maximum Gasteiger partial charge on any atom is 0.410 e. The number of ether oxygens (including phenoxy) is 2. The monoisotopic (exact) mass is 469 g/mol. The highest BCUT2D eigenvalue weighted by Crippen LogP contribution is 2.44. The third-order valence-corrected chi connectivity index (χ3v) is 5.75. The molecule has 1 aliphatic carbocycles. The number of carbonyl (C=O) groups excluding carboxylic acids is 1. The van der Waals surface area contributed by atoms with Crippen LogP contribution < -0.4 is 4.74 Å². The summed E-state index contributed by atoms with van der Waals surface area (Å²) in [4.78, 5) is 25.0. The smallest absolute Gasteiger partial charge is 0.410 e. The maximum absolute atomic E-state index is 14.0. The van der Waals surface area contributed by atoms with Gasteiger partial charge in [-0.15, -0.1) is 0 Å². The number of amides is 1. The number of rotatable bonds is 8. The lowest BCUT2D eigenvalue weighted by molar-refractivity contribution is -0.138. The fourth-order valence-corrected chi connectivity index (χ4v) is 4.11. The van der Waals surface area contributed by atoms with Gasteiger partial charge in [0.25, 0.3) is 0 Å². The summed E-state index contributed by atoms with van der Waals surface area (Å²) in [6.45, 7) is -0.742. The highest BCUT2D eigenvalue weighted by Gasteiger charge is 2.30. The summed E-state index contributed by atoms with van der Waals surface area (Å²) in [6.07, 6.45) is -0.783. The molecular weight excluding hydrogens is 449 g/mol. The van der Waals surface area contributed by atoms with Crippen LogP contribution in [0, 0.1) is 5.82 Å². The Morgan fingerprint density at radius 2 is 1.61 bits per heavy atom. The van der Waals surface area contributed by atoms with Crippen molar-refractivity contribution >= 4 is 23.7 Å². The molecule has 0 saturated heterocycles. The molecular formula is C25H21ClFNO5. The molecule has 0 atom stereocenters. The van der Waals surface area contributed by atoms with Crippen molar-refractivity contribution in [3.63, 3.8) is 0 Å². The van der Waals surface area contributed by atoms with Crippen molar-refractivity contribution in [1.29, 1.82) is 0 Å². The van der Waals surface area contributed by atoms with Crippen molar-refractivity contribution < 1.29 is 28.6 Å². The fraction of sp³-hybridized carbons (Fsp3) is 0.200. The quantitative estimate of drug-likeness (QED) is 0.491. The van der Waals surface area contributed by atoms with Gasteiger partial charge in [-0.1, -0.05) is 66.2 Å². The largest absolute Gasteiger partial charge is 0.489 e. The molecule has 1 amide bonds. The molecule has 0 radical (unpaired) electrons. The minimum Gasteiger partial charge on any atom is -0.489 e. The molecule has 170 valence electrons. The molecule has 0 heterocycles. The number of aliphatic carboxylic acids is 1. The molecule has 8 heteroatoms. The van der Waals surface area contributed by atoms with E-state index < -0.39 is 24.4 Å². The first-order valence-electron chi connectivity index (χ1n) is 10.3. The molecule has 3 aromatic rings. The summed E-state index contributed by atoms with van der Waals surface area (Å²) in [7, 11) is 0. The second-order valence-corrected chi connectivity index (χ2v) is 7.93. The Morgan fingerprint density at radius 3 is 2.24 bits per heavy atom. The number of hydrogen-bond acceptors (Lipinski definition) is 4. The van der Waals surface area contributed by atoms with Gasteiger partial charge in [-0.3, -0.25) is 9.69 Å². The van der Waals surface area contributed by atoms with Gasteiger partial charge in [-0.05, 0) is 34.4 Å². The first kappa shape index (κ1) is 22.6. The Labute approximate surface area is 195 Å². The zero-order chi connectivity index (χ0) is 23.4. The standard InChI is InChI=1S/C25H21ClFNO5/c26-21-10-5-11-22(24(21)27)32-13-12-28(14-23(29)30)25(31)33-15-20-18-8-3-1-6-16(18)17-7-2-4-9-19(17)20/h1-11,20H,12-15H2,(H,29,30). The molecule has 0 spiro atoms. The molecule has 33 heavy (non-hydrogen) atoms. The van der Waals surface area contributed by atoms with Crippen LogP contribution in [-0.2, 0) is 9.53 Å². The molecule has 0 bridgehead atoms. The van der Waals surface area contributed by atoms with Crippen LogP contribution in [0.4, 0.5) is 9.18 Å². The van der Waals surface area contributed by atoms with Gasteiger partial charge < -0.3 is 14.6 Å². The molecule has 0 saturated carbocycles. The Balaban J connectivity index is 1.41. The lowest BCUT2D eigenvalue weighted by Crippen LogP contribution is -2.39. The number of carboxylic acid groups (broad SMARTS) is 1. The van der Waals surface area contributed by atoms with E-state index in [0.717, 1.165) is 27.2 Å². The van der Waals surface area contributed by atoms with Crippen molar-refractivity contribution in [3.05, 3.63) is 88.7 Å². The second-order valence-electron chi connectivity index (χ2n) is 7.52. The minimum atomic E-state index is -1.20. The van der Waals surface area contributed by atoms with E-state index in [0.29, 0.717) is 0 Å². The van der Waals surface area contributed by atoms with Crippen molar-refractivity contribution in [3.8, 4) is 16.9 Å². The highest BCUT2D eigenvalue weighted by atomic mass is 35.5. The number of benzene rings is 3. The third kappa shape index (κ3) is 4.93. The van der Waals surface area contributed by atoms with E-state index >= 15 is 0 Å². The predicted molar refractivity (Wildman–Crippen MR) is 121 cm³/mol. The summed E-state index contributed by atoms with van der Waals surface area (Å²) in [5, 5.41) is 9.11. The lowest BCUT2D eigenvalue weighted by Gasteiger charge is -2.22. The number of carboxylic acids is 1. The van der Waals surface area contributed by atoms with E-state index in [2.05, 4.69) is 0 Å². The first-order valence-corrected chi connectivity index (χ1v) is 10.7. The number of halogens is 2. The number of fused-ring (bicyclic) bond motifs is 3. The van der Waals surface area contributed by atoms with E-state index in [1.54, 1.807) is 0 Å². The molecule has 4 rings (SSSR count). The summed E-state index contributed by atoms with van der Waals surface area (Å²) < 4.78 is 24.8. The number of hydrogen-bond donors (Lipinski definition) is 1. The topological polar surface area (TPSA) is 76.1 Å². The zero-order valence-corrected chi connectivity index (χ0v) is 18.3. The van der Waals surface area contributed by atoms with Crippen LogP contribution in [0.25, 0.3) is 11.1 Å². The molecule has 1 N–H and O–H groups in total. The number of carbonyl (C=O) groups is 2. The molecule has 1 aliphatic rings. The van der Waals surface area contributed by atoms with Gasteiger partial charge in [-0.2, -0.15) is 0 Å². The first-order chi connectivity index (χ1) is 16.0. The van der Waals surface area contributed by atoms with Crippen LogP contribution >= 0.6 is 11.6 Å². The van der Waals surface area contributed by atoms with Gasteiger partial charge in [-0.25, -0.2) is 9.18 Å². The minimum absolute atomic E-state index is 0.0623. The van der Waals surface area contributed by atoms with Gasteiger partial charge >= 0.3 is 12.1 Å². The molecule has 0 fully saturated rings. The average Bonchev–Trinajstić information content (AvgIpc) is 3.13. The van der Waals surface area contributed by atoms with Crippen LogP contribution in [-0.4, -0.2) is 48.4 Å². The Morgan fingerprint density at radius 1 is 0.970 bits per heavy atom. The summed E-state index contributed by atoms with van der Waals surface area (Å²) in [6, 6.07) is 20.1. The highest BCUT2D eigenvalue weighted by molar-refractivity contribution is 6.30. The maximum atomic E-state index is 14.0. The summed E-state index contributed by atoms with van der Waals surface area (Å²) >= 11 is 5.73. The van der Waals surface area contributed by atoms with Crippen LogP contribution in [0.5, 0.6) is 5.75 Å². The van der Waals surface area contributed by atoms with Crippen molar-refractivity contribution in [2.45, 2.75) is 5.92 Å². The molecule has 0 aromatic heterocycles. The van der Waals surface area contributed by atoms with Gasteiger partial charge in [0.15, 0.2) is 11.6 Å². The molecule has 3 aromatic carbocycles. The lowest BCUT2D eigenvalue weighted by atomic mass is 9.98. The number of nitrogens with zero attached hydrogens (tertiary/aromatic N) is 1.